The van der Waals surface area contributed by atoms with E-state index < -0.39 is 0 Å². The summed E-state index contributed by atoms with van der Waals surface area (Å²) in [6.07, 6.45) is 9.15. The number of hydrogen-bond acceptors (Lipinski definition) is 2. The standard InChI is InChI=1S/C13H20N2/c1-3-11-5-4-6-12(11)15-13-9-14-8-7-10(13)2/h7-9,11-12,15H,3-6H2,1-2H3. The fraction of sp³-hybridized carbons (Fsp3) is 0.615. The van der Waals surface area contributed by atoms with E-state index >= 15 is 0 Å². The van der Waals surface area contributed by atoms with Crippen molar-refractivity contribution in [3.63, 3.8) is 0 Å². The molecule has 0 radical (unpaired) electrons. The van der Waals surface area contributed by atoms with Gasteiger partial charge in [-0.05, 0) is 37.3 Å². The lowest BCUT2D eigenvalue weighted by atomic mass is 10.0. The molecule has 2 atom stereocenters. The van der Waals surface area contributed by atoms with Crippen molar-refractivity contribution in [2.75, 3.05) is 5.32 Å². The molecule has 1 saturated carbocycles. The first-order chi connectivity index (χ1) is 7.31. The van der Waals surface area contributed by atoms with Crippen molar-refractivity contribution in [1.82, 2.24) is 4.98 Å². The highest BCUT2D eigenvalue weighted by atomic mass is 14.9. The highest BCUT2D eigenvalue weighted by molar-refractivity contribution is 5.48. The second kappa shape index (κ2) is 4.65. The Morgan fingerprint density at radius 2 is 2.33 bits per heavy atom. The second-order valence-corrected chi connectivity index (χ2v) is 4.54. The molecular weight excluding hydrogens is 184 g/mol. The van der Waals surface area contributed by atoms with E-state index in [-0.39, 0.29) is 0 Å². The van der Waals surface area contributed by atoms with E-state index in [9.17, 15) is 0 Å². The molecule has 0 aromatic carbocycles. The summed E-state index contributed by atoms with van der Waals surface area (Å²) in [6.45, 7) is 4.43. The maximum atomic E-state index is 4.18. The summed E-state index contributed by atoms with van der Waals surface area (Å²) < 4.78 is 0. The number of aromatic nitrogens is 1. The summed E-state index contributed by atoms with van der Waals surface area (Å²) in [5.74, 6) is 0.851. The van der Waals surface area contributed by atoms with Crippen molar-refractivity contribution in [3.8, 4) is 0 Å². The molecule has 1 aromatic heterocycles. The molecule has 0 bridgehead atoms. The van der Waals surface area contributed by atoms with Crippen LogP contribution in [0.3, 0.4) is 0 Å². The molecular formula is C13H20N2. The van der Waals surface area contributed by atoms with Gasteiger partial charge in [-0.15, -0.1) is 0 Å². The summed E-state index contributed by atoms with van der Waals surface area (Å²) >= 11 is 0. The van der Waals surface area contributed by atoms with Gasteiger partial charge in [0.1, 0.15) is 0 Å². The molecule has 1 aromatic rings. The molecule has 2 rings (SSSR count). The third kappa shape index (κ3) is 2.31. The SMILES string of the molecule is CCC1CCCC1Nc1cnccc1C. The lowest BCUT2D eigenvalue weighted by Gasteiger charge is -2.21. The largest absolute Gasteiger partial charge is 0.381 e. The van der Waals surface area contributed by atoms with Gasteiger partial charge >= 0.3 is 0 Å². The molecule has 0 saturated heterocycles. The van der Waals surface area contributed by atoms with Crippen LogP contribution in [0.4, 0.5) is 5.69 Å². The summed E-state index contributed by atoms with van der Waals surface area (Å²) in [4.78, 5) is 4.18. The van der Waals surface area contributed by atoms with Crippen LogP contribution in [0.2, 0.25) is 0 Å². The molecule has 0 aliphatic heterocycles. The van der Waals surface area contributed by atoms with Crippen molar-refractivity contribution in [2.45, 2.75) is 45.6 Å². The maximum Gasteiger partial charge on any atom is 0.0558 e. The molecule has 1 N–H and O–H groups in total. The number of hydrogen-bond donors (Lipinski definition) is 1. The first kappa shape index (κ1) is 10.5. The lowest BCUT2D eigenvalue weighted by Crippen LogP contribution is -2.23. The molecule has 2 heteroatoms. The van der Waals surface area contributed by atoms with Crippen molar-refractivity contribution >= 4 is 5.69 Å². The van der Waals surface area contributed by atoms with Gasteiger partial charge in [0.05, 0.1) is 11.9 Å². The molecule has 1 heterocycles. The van der Waals surface area contributed by atoms with Gasteiger partial charge in [-0.3, -0.25) is 4.98 Å². The zero-order valence-electron chi connectivity index (χ0n) is 9.66. The summed E-state index contributed by atoms with van der Waals surface area (Å²) in [7, 11) is 0. The normalized spacial score (nSPS) is 25.5. The number of anilines is 1. The molecule has 1 aliphatic rings. The highest BCUT2D eigenvalue weighted by Gasteiger charge is 2.25. The van der Waals surface area contributed by atoms with Crippen LogP contribution in [0.25, 0.3) is 0 Å². The van der Waals surface area contributed by atoms with Crippen LogP contribution in [-0.4, -0.2) is 11.0 Å². The number of nitrogens with one attached hydrogen (secondary N) is 1. The highest BCUT2D eigenvalue weighted by Crippen LogP contribution is 2.31. The number of nitrogens with zero attached hydrogens (tertiary/aromatic N) is 1. The Morgan fingerprint density at radius 1 is 1.47 bits per heavy atom. The van der Waals surface area contributed by atoms with Crippen molar-refractivity contribution in [2.24, 2.45) is 5.92 Å². The Morgan fingerprint density at radius 3 is 3.07 bits per heavy atom. The Bertz CT molecular complexity index is 322. The van der Waals surface area contributed by atoms with E-state index in [0.29, 0.717) is 6.04 Å². The Balaban J connectivity index is 2.05. The van der Waals surface area contributed by atoms with Gasteiger partial charge in [0, 0.05) is 12.2 Å². The Hall–Kier alpha value is -1.05. The van der Waals surface area contributed by atoms with Gasteiger partial charge in [0.15, 0.2) is 0 Å². The maximum absolute atomic E-state index is 4.18. The minimum Gasteiger partial charge on any atom is -0.381 e. The zero-order valence-corrected chi connectivity index (χ0v) is 9.66. The second-order valence-electron chi connectivity index (χ2n) is 4.54. The quantitative estimate of drug-likeness (QED) is 0.816. The number of rotatable bonds is 3. The molecule has 1 fully saturated rings. The zero-order chi connectivity index (χ0) is 10.7. The average molecular weight is 204 g/mol. The van der Waals surface area contributed by atoms with E-state index in [2.05, 4.69) is 30.2 Å². The van der Waals surface area contributed by atoms with E-state index in [0.717, 1.165) is 5.92 Å². The van der Waals surface area contributed by atoms with E-state index in [1.807, 2.05) is 12.4 Å². The Kier molecular flexibility index (Phi) is 3.24. The fourth-order valence-corrected chi connectivity index (χ4v) is 2.53. The third-order valence-electron chi connectivity index (χ3n) is 3.56. The molecule has 15 heavy (non-hydrogen) atoms. The van der Waals surface area contributed by atoms with Gasteiger partial charge in [0.25, 0.3) is 0 Å². The first-order valence-corrected chi connectivity index (χ1v) is 5.98. The fourth-order valence-electron chi connectivity index (χ4n) is 2.53. The first-order valence-electron chi connectivity index (χ1n) is 5.98. The number of aryl methyl sites for hydroxylation is 1. The summed E-state index contributed by atoms with van der Waals surface area (Å²) in [5, 5.41) is 3.65. The van der Waals surface area contributed by atoms with Crippen LogP contribution < -0.4 is 5.32 Å². The van der Waals surface area contributed by atoms with E-state index in [4.69, 9.17) is 0 Å². The minimum absolute atomic E-state index is 0.665. The van der Waals surface area contributed by atoms with Crippen LogP contribution in [0, 0.1) is 12.8 Å². The molecule has 0 spiro atoms. The van der Waals surface area contributed by atoms with Crippen molar-refractivity contribution in [1.29, 1.82) is 0 Å². The van der Waals surface area contributed by atoms with Crippen LogP contribution in [0.15, 0.2) is 18.5 Å². The van der Waals surface area contributed by atoms with Gasteiger partial charge in [-0.2, -0.15) is 0 Å². The van der Waals surface area contributed by atoms with E-state index in [1.54, 1.807) is 0 Å². The van der Waals surface area contributed by atoms with Crippen LogP contribution >= 0.6 is 0 Å². The average Bonchev–Trinajstić information content (AvgIpc) is 2.69. The molecule has 82 valence electrons. The minimum atomic E-state index is 0.665. The van der Waals surface area contributed by atoms with Gasteiger partial charge < -0.3 is 5.32 Å². The van der Waals surface area contributed by atoms with E-state index in [1.165, 1.54) is 36.9 Å². The topological polar surface area (TPSA) is 24.9 Å². The molecule has 2 nitrogen and oxygen atoms in total. The predicted molar refractivity (Wildman–Crippen MR) is 64.0 cm³/mol. The molecule has 0 amide bonds. The molecule has 1 aliphatic carbocycles. The van der Waals surface area contributed by atoms with Gasteiger partial charge in [0.2, 0.25) is 0 Å². The summed E-state index contributed by atoms with van der Waals surface area (Å²) in [6, 6.07) is 2.73. The smallest absolute Gasteiger partial charge is 0.0558 e. The Labute approximate surface area is 92.1 Å². The molecule has 2 unspecified atom stereocenters. The van der Waals surface area contributed by atoms with Crippen LogP contribution in [0.5, 0.6) is 0 Å². The number of pyridine rings is 1. The third-order valence-corrected chi connectivity index (χ3v) is 3.56. The van der Waals surface area contributed by atoms with Gasteiger partial charge in [-0.1, -0.05) is 19.8 Å². The van der Waals surface area contributed by atoms with Crippen LogP contribution in [0.1, 0.15) is 38.2 Å². The van der Waals surface area contributed by atoms with Gasteiger partial charge in [-0.25, -0.2) is 0 Å². The van der Waals surface area contributed by atoms with Crippen LogP contribution in [-0.2, 0) is 0 Å². The predicted octanol–water partition coefficient (Wildman–Crippen LogP) is 3.38. The monoisotopic (exact) mass is 204 g/mol. The summed E-state index contributed by atoms with van der Waals surface area (Å²) in [5.41, 5.74) is 2.51. The van der Waals surface area contributed by atoms with Crippen molar-refractivity contribution < 1.29 is 0 Å². The lowest BCUT2D eigenvalue weighted by molar-refractivity contribution is 0.489. The van der Waals surface area contributed by atoms with Crippen molar-refractivity contribution in [3.05, 3.63) is 24.0 Å².